The predicted molar refractivity (Wildman–Crippen MR) is 99.3 cm³/mol. The van der Waals surface area contributed by atoms with Gasteiger partial charge in [-0.3, -0.25) is 4.72 Å². The molecule has 0 bridgehead atoms. The number of rotatable bonds is 4. The predicted octanol–water partition coefficient (Wildman–Crippen LogP) is 4.88. The fraction of sp³-hybridized carbons (Fsp3) is 0.118. The van der Waals surface area contributed by atoms with Crippen LogP contribution >= 0.6 is 22.9 Å². The van der Waals surface area contributed by atoms with Crippen LogP contribution in [0.25, 0.3) is 11.3 Å². The highest BCUT2D eigenvalue weighted by molar-refractivity contribution is 7.93. The van der Waals surface area contributed by atoms with Crippen molar-refractivity contribution in [2.75, 3.05) is 4.72 Å². The highest BCUT2D eigenvalue weighted by atomic mass is 35.5. The van der Waals surface area contributed by atoms with Crippen molar-refractivity contribution in [1.29, 1.82) is 0 Å². The molecule has 7 heteroatoms. The summed E-state index contributed by atoms with van der Waals surface area (Å²) in [4.78, 5) is 4.55. The van der Waals surface area contributed by atoms with Crippen molar-refractivity contribution in [1.82, 2.24) is 4.98 Å². The first-order chi connectivity index (χ1) is 11.3. The highest BCUT2D eigenvalue weighted by Crippen LogP contribution is 2.29. The van der Waals surface area contributed by atoms with E-state index in [9.17, 15) is 8.42 Å². The van der Waals surface area contributed by atoms with Gasteiger partial charge >= 0.3 is 0 Å². The molecule has 0 aliphatic rings. The van der Waals surface area contributed by atoms with Crippen LogP contribution in [0.3, 0.4) is 0 Å². The summed E-state index contributed by atoms with van der Waals surface area (Å²) in [7, 11) is -3.68. The summed E-state index contributed by atoms with van der Waals surface area (Å²) in [6, 6.07) is 12.1. The van der Waals surface area contributed by atoms with E-state index in [0.717, 1.165) is 16.8 Å². The normalized spacial score (nSPS) is 11.5. The summed E-state index contributed by atoms with van der Waals surface area (Å²) in [5.41, 5.74) is 4.03. The number of anilines is 1. The maximum absolute atomic E-state index is 12.4. The van der Waals surface area contributed by atoms with Crippen molar-refractivity contribution in [2.45, 2.75) is 18.7 Å². The molecule has 0 radical (unpaired) electrons. The van der Waals surface area contributed by atoms with E-state index in [-0.39, 0.29) is 4.90 Å². The van der Waals surface area contributed by atoms with Crippen molar-refractivity contribution >= 4 is 38.1 Å². The SMILES string of the molecule is Cc1ccc(-c2csc(NS(=O)(=O)c3ccc(Cl)cc3)n2)c(C)c1. The van der Waals surface area contributed by atoms with E-state index < -0.39 is 10.0 Å². The topological polar surface area (TPSA) is 59.1 Å². The Bertz CT molecular complexity index is 980. The van der Waals surface area contributed by atoms with Gasteiger partial charge in [-0.05, 0) is 43.7 Å². The van der Waals surface area contributed by atoms with Crippen LogP contribution in [0, 0.1) is 13.8 Å². The van der Waals surface area contributed by atoms with Gasteiger partial charge in [-0.1, -0.05) is 35.4 Å². The minimum atomic E-state index is -3.68. The smallest absolute Gasteiger partial charge is 0.255 e. The summed E-state index contributed by atoms with van der Waals surface area (Å²) in [5, 5.41) is 2.66. The molecule has 0 amide bonds. The quantitative estimate of drug-likeness (QED) is 0.703. The van der Waals surface area contributed by atoms with Crippen LogP contribution in [0.2, 0.25) is 5.02 Å². The molecule has 0 fully saturated rings. The molecule has 2 aromatic carbocycles. The van der Waals surface area contributed by atoms with Crippen LogP contribution in [0.1, 0.15) is 11.1 Å². The largest absolute Gasteiger partial charge is 0.263 e. The van der Waals surface area contributed by atoms with Gasteiger partial charge in [0.1, 0.15) is 0 Å². The van der Waals surface area contributed by atoms with Gasteiger partial charge in [0.15, 0.2) is 5.13 Å². The Labute approximate surface area is 150 Å². The lowest BCUT2D eigenvalue weighted by molar-refractivity contribution is 0.601. The summed E-state index contributed by atoms with van der Waals surface area (Å²) in [5.74, 6) is 0. The van der Waals surface area contributed by atoms with Crippen LogP contribution in [0.15, 0.2) is 52.7 Å². The molecule has 3 rings (SSSR count). The molecule has 0 saturated heterocycles. The number of aryl methyl sites for hydroxylation is 2. The Balaban J connectivity index is 1.87. The Kier molecular flexibility index (Phi) is 4.62. The van der Waals surface area contributed by atoms with Crippen LogP contribution in [0.4, 0.5) is 5.13 Å². The second-order valence-corrected chi connectivity index (χ2v) is 8.39. The van der Waals surface area contributed by atoms with Gasteiger partial charge in [-0.2, -0.15) is 0 Å². The molecular weight excluding hydrogens is 364 g/mol. The minimum absolute atomic E-state index is 0.148. The van der Waals surface area contributed by atoms with E-state index in [0.29, 0.717) is 10.2 Å². The van der Waals surface area contributed by atoms with Crippen LogP contribution in [0.5, 0.6) is 0 Å². The summed E-state index contributed by atoms with van der Waals surface area (Å²) < 4.78 is 27.3. The van der Waals surface area contributed by atoms with Crippen LogP contribution < -0.4 is 4.72 Å². The van der Waals surface area contributed by atoms with Crippen molar-refractivity contribution < 1.29 is 8.42 Å². The molecule has 1 N–H and O–H groups in total. The maximum Gasteiger partial charge on any atom is 0.263 e. The second-order valence-electron chi connectivity index (χ2n) is 5.42. The van der Waals surface area contributed by atoms with Crippen molar-refractivity contribution in [3.63, 3.8) is 0 Å². The molecule has 1 heterocycles. The molecule has 3 aromatic rings. The first kappa shape index (κ1) is 17.0. The number of benzene rings is 2. The molecule has 0 aliphatic heterocycles. The lowest BCUT2D eigenvalue weighted by Crippen LogP contribution is -2.12. The Hall–Kier alpha value is -1.89. The zero-order valence-corrected chi connectivity index (χ0v) is 15.5. The zero-order chi connectivity index (χ0) is 17.3. The molecule has 24 heavy (non-hydrogen) atoms. The van der Waals surface area contributed by atoms with E-state index in [4.69, 9.17) is 11.6 Å². The second kappa shape index (κ2) is 6.55. The van der Waals surface area contributed by atoms with Gasteiger partial charge in [0.25, 0.3) is 10.0 Å². The number of hydrogen-bond donors (Lipinski definition) is 1. The number of hydrogen-bond acceptors (Lipinski definition) is 4. The van der Waals surface area contributed by atoms with Gasteiger partial charge in [-0.25, -0.2) is 13.4 Å². The van der Waals surface area contributed by atoms with Crippen molar-refractivity contribution in [3.8, 4) is 11.3 Å². The number of thiazole rings is 1. The van der Waals surface area contributed by atoms with Gasteiger partial charge in [0, 0.05) is 16.0 Å². The van der Waals surface area contributed by atoms with E-state index in [1.807, 2.05) is 31.4 Å². The lowest BCUT2D eigenvalue weighted by Gasteiger charge is -2.05. The molecule has 4 nitrogen and oxygen atoms in total. The van der Waals surface area contributed by atoms with Crippen molar-refractivity contribution in [2.24, 2.45) is 0 Å². The Morgan fingerprint density at radius 1 is 1.08 bits per heavy atom. The molecule has 0 spiro atoms. The van der Waals surface area contributed by atoms with E-state index >= 15 is 0 Å². The summed E-state index contributed by atoms with van der Waals surface area (Å²) in [6.07, 6.45) is 0. The third-order valence-electron chi connectivity index (χ3n) is 3.51. The summed E-state index contributed by atoms with van der Waals surface area (Å²) in [6.45, 7) is 4.04. The van der Waals surface area contributed by atoms with Gasteiger partial charge in [-0.15, -0.1) is 11.3 Å². The first-order valence-corrected chi connectivity index (χ1v) is 9.91. The Morgan fingerprint density at radius 2 is 1.79 bits per heavy atom. The third kappa shape index (κ3) is 3.61. The minimum Gasteiger partial charge on any atom is -0.255 e. The Morgan fingerprint density at radius 3 is 2.46 bits per heavy atom. The van der Waals surface area contributed by atoms with Crippen molar-refractivity contribution in [3.05, 3.63) is 64.0 Å². The van der Waals surface area contributed by atoms with E-state index in [1.54, 1.807) is 12.1 Å². The van der Waals surface area contributed by atoms with E-state index in [2.05, 4.69) is 15.8 Å². The standard InChI is InChI=1S/C17H15ClN2O2S2/c1-11-3-8-15(12(2)9-11)16-10-23-17(19-16)20-24(21,22)14-6-4-13(18)5-7-14/h3-10H,1-2H3,(H,19,20). The molecule has 0 saturated carbocycles. The van der Waals surface area contributed by atoms with Crippen LogP contribution in [-0.4, -0.2) is 13.4 Å². The zero-order valence-electron chi connectivity index (χ0n) is 13.1. The average molecular weight is 379 g/mol. The fourth-order valence-electron chi connectivity index (χ4n) is 2.33. The maximum atomic E-state index is 12.4. The van der Waals surface area contributed by atoms with Gasteiger partial charge < -0.3 is 0 Å². The molecule has 0 aliphatic carbocycles. The molecule has 0 atom stereocenters. The number of nitrogens with one attached hydrogen (secondary N) is 1. The lowest BCUT2D eigenvalue weighted by atomic mass is 10.0. The number of aromatic nitrogens is 1. The number of sulfonamides is 1. The number of nitrogens with zero attached hydrogens (tertiary/aromatic N) is 1. The summed E-state index contributed by atoms with van der Waals surface area (Å²) >= 11 is 7.05. The third-order valence-corrected chi connectivity index (χ3v) is 6.00. The highest BCUT2D eigenvalue weighted by Gasteiger charge is 2.16. The first-order valence-electron chi connectivity index (χ1n) is 7.17. The van der Waals surface area contributed by atoms with Gasteiger partial charge in [0.2, 0.25) is 0 Å². The van der Waals surface area contributed by atoms with E-state index in [1.165, 1.54) is 29.0 Å². The fourth-order valence-corrected chi connectivity index (χ4v) is 4.42. The van der Waals surface area contributed by atoms with Gasteiger partial charge in [0.05, 0.1) is 10.6 Å². The molecule has 124 valence electrons. The molecular formula is C17H15ClN2O2S2. The molecule has 0 unspecified atom stereocenters. The average Bonchev–Trinajstić information content (AvgIpc) is 2.95. The monoisotopic (exact) mass is 378 g/mol. The number of halogens is 1. The molecule has 1 aromatic heterocycles. The van der Waals surface area contributed by atoms with Crippen LogP contribution in [-0.2, 0) is 10.0 Å².